The summed E-state index contributed by atoms with van der Waals surface area (Å²) in [6.07, 6.45) is 3.83. The Labute approximate surface area is 240 Å². The predicted octanol–water partition coefficient (Wildman–Crippen LogP) is 4.98. The number of anilines is 1. The molecule has 4 rings (SSSR count). The van der Waals surface area contributed by atoms with E-state index in [-0.39, 0.29) is 70.4 Å². The highest BCUT2D eigenvalue weighted by molar-refractivity contribution is 7.93. The second-order valence-electron chi connectivity index (χ2n) is 8.62. The zero-order valence-corrected chi connectivity index (χ0v) is 23.5. The summed E-state index contributed by atoms with van der Waals surface area (Å²) in [5.74, 6) is -0.956. The first-order valence-corrected chi connectivity index (χ1v) is 14.2. The van der Waals surface area contributed by atoms with E-state index >= 15 is 0 Å². The average molecular weight is 611 g/mol. The summed E-state index contributed by atoms with van der Waals surface area (Å²) in [6.45, 7) is -0.696. The van der Waals surface area contributed by atoms with E-state index in [0.717, 1.165) is 4.31 Å². The number of carbonyl (C=O) groups excluding carboxylic acids is 1. The topological polar surface area (TPSA) is 115 Å². The molecule has 13 heteroatoms. The van der Waals surface area contributed by atoms with Crippen LogP contribution >= 0.6 is 23.2 Å². The Morgan fingerprint density at radius 2 is 2.05 bits per heavy atom. The third kappa shape index (κ3) is 6.67. The van der Waals surface area contributed by atoms with Crippen molar-refractivity contribution in [1.82, 2.24) is 4.98 Å². The van der Waals surface area contributed by atoms with Crippen LogP contribution in [0.3, 0.4) is 0 Å². The molecule has 1 aromatic heterocycles. The van der Waals surface area contributed by atoms with Crippen molar-refractivity contribution in [2.75, 3.05) is 31.2 Å². The van der Waals surface area contributed by atoms with Crippen molar-refractivity contribution in [1.29, 1.82) is 0 Å². The number of hydrogen-bond donors (Lipinski definition) is 1. The van der Waals surface area contributed by atoms with Crippen molar-refractivity contribution < 1.29 is 36.9 Å². The molecule has 0 saturated carbocycles. The zero-order chi connectivity index (χ0) is 28.9. The predicted molar refractivity (Wildman–Crippen MR) is 149 cm³/mol. The first kappa shape index (κ1) is 29.6. The van der Waals surface area contributed by atoms with Gasteiger partial charge < -0.3 is 19.3 Å². The number of hydrogen-bond acceptors (Lipinski definition) is 8. The Morgan fingerprint density at radius 1 is 1.25 bits per heavy atom. The van der Waals surface area contributed by atoms with Gasteiger partial charge in [0.1, 0.15) is 24.3 Å². The second kappa shape index (κ2) is 12.9. The lowest BCUT2D eigenvalue weighted by Gasteiger charge is -2.35. The van der Waals surface area contributed by atoms with Gasteiger partial charge in [0.15, 0.2) is 4.90 Å². The minimum atomic E-state index is -4.35. The van der Waals surface area contributed by atoms with Crippen LogP contribution in [-0.4, -0.2) is 57.4 Å². The van der Waals surface area contributed by atoms with Gasteiger partial charge in [-0.25, -0.2) is 17.8 Å². The monoisotopic (exact) mass is 610 g/mol. The Balaban J connectivity index is 1.77. The first-order chi connectivity index (χ1) is 19.1. The van der Waals surface area contributed by atoms with Crippen LogP contribution in [-0.2, 0) is 19.6 Å². The van der Waals surface area contributed by atoms with Crippen molar-refractivity contribution in [2.45, 2.75) is 23.8 Å². The van der Waals surface area contributed by atoms with Gasteiger partial charge in [0.05, 0.1) is 36.0 Å². The zero-order valence-electron chi connectivity index (χ0n) is 21.2. The van der Waals surface area contributed by atoms with Crippen molar-refractivity contribution >= 4 is 57.0 Å². The number of aliphatic hydroxyl groups excluding tert-OH is 1. The smallest absolute Gasteiger partial charge is 0.305 e. The van der Waals surface area contributed by atoms with Gasteiger partial charge >= 0.3 is 5.97 Å². The second-order valence-corrected chi connectivity index (χ2v) is 11.3. The first-order valence-electron chi connectivity index (χ1n) is 12.1. The minimum absolute atomic E-state index is 0.0121. The average Bonchev–Trinajstić information content (AvgIpc) is 2.94. The van der Waals surface area contributed by atoms with Gasteiger partial charge in [0, 0.05) is 18.2 Å². The van der Waals surface area contributed by atoms with E-state index in [9.17, 15) is 22.7 Å². The molecule has 40 heavy (non-hydrogen) atoms. The summed E-state index contributed by atoms with van der Waals surface area (Å²) in [6, 6.07) is 10.4. The number of benzene rings is 2. The van der Waals surface area contributed by atoms with Gasteiger partial charge in [-0.15, -0.1) is 0 Å². The lowest BCUT2D eigenvalue weighted by molar-refractivity contribution is -0.141. The van der Waals surface area contributed by atoms with E-state index in [1.165, 1.54) is 37.6 Å². The third-order valence-corrected chi connectivity index (χ3v) is 8.25. The molecule has 0 fully saturated rings. The maximum Gasteiger partial charge on any atom is 0.305 e. The lowest BCUT2D eigenvalue weighted by Crippen LogP contribution is -2.44. The SMILES string of the molecule is COC(=O)CCC1CN(S(=O)(=O)c2cc(Cl)cnc2OCCO)c2cc(C=Cc3c(F)cccc3Cl)ccc2O1. The molecule has 1 atom stereocenters. The van der Waals surface area contributed by atoms with Crippen LogP contribution in [0, 0.1) is 5.82 Å². The number of fused-ring (bicyclic) bond motifs is 1. The van der Waals surface area contributed by atoms with Crippen LogP contribution in [0.15, 0.2) is 53.6 Å². The largest absolute Gasteiger partial charge is 0.486 e. The molecule has 1 N–H and O–H groups in total. The van der Waals surface area contributed by atoms with Gasteiger partial charge in [-0.3, -0.25) is 9.10 Å². The lowest BCUT2D eigenvalue weighted by atomic mass is 10.1. The standard InChI is InChI=1S/C27H25Cl2FN2O7S/c1-37-26(34)10-7-19-16-32(40(35,36)25-14-18(28)15-31-27(25)38-12-11-33)23-13-17(6-9-24(23)39-19)5-8-20-21(29)3-2-4-22(20)30/h2-6,8-9,13-15,19,33H,7,10-12,16H2,1H3. The van der Waals surface area contributed by atoms with Gasteiger partial charge in [-0.1, -0.05) is 41.4 Å². The number of pyridine rings is 1. The number of sulfonamides is 1. The summed E-state index contributed by atoms with van der Waals surface area (Å²) < 4.78 is 59.6. The summed E-state index contributed by atoms with van der Waals surface area (Å²) >= 11 is 12.2. The number of rotatable bonds is 10. The molecule has 212 valence electrons. The van der Waals surface area contributed by atoms with Crippen molar-refractivity contribution in [3.8, 4) is 11.6 Å². The van der Waals surface area contributed by atoms with E-state index in [4.69, 9.17) is 37.4 Å². The highest BCUT2D eigenvalue weighted by Gasteiger charge is 2.37. The molecule has 2 aromatic carbocycles. The van der Waals surface area contributed by atoms with E-state index in [2.05, 4.69) is 4.98 Å². The van der Waals surface area contributed by atoms with E-state index in [0.29, 0.717) is 5.56 Å². The number of methoxy groups -OCH3 is 1. The normalized spacial score (nSPS) is 15.0. The number of aromatic nitrogens is 1. The molecule has 0 aliphatic carbocycles. The van der Waals surface area contributed by atoms with Crippen molar-refractivity contribution in [3.05, 3.63) is 75.7 Å². The highest BCUT2D eigenvalue weighted by atomic mass is 35.5. The van der Waals surface area contributed by atoms with E-state index in [1.807, 2.05) is 0 Å². The number of halogens is 3. The van der Waals surface area contributed by atoms with Gasteiger partial charge in [-0.2, -0.15) is 0 Å². The summed E-state index contributed by atoms with van der Waals surface area (Å²) in [7, 11) is -3.09. The summed E-state index contributed by atoms with van der Waals surface area (Å²) in [4.78, 5) is 15.4. The quantitative estimate of drug-likeness (QED) is 0.252. The Hall–Kier alpha value is -3.38. The molecule has 0 radical (unpaired) electrons. The van der Waals surface area contributed by atoms with Gasteiger partial charge in [0.25, 0.3) is 10.0 Å². The molecule has 9 nitrogen and oxygen atoms in total. The maximum absolute atomic E-state index is 14.3. The molecular formula is C27H25Cl2FN2O7S. The van der Waals surface area contributed by atoms with Crippen LogP contribution in [0.2, 0.25) is 10.0 Å². The van der Waals surface area contributed by atoms with Crippen LogP contribution in [0.5, 0.6) is 11.6 Å². The minimum Gasteiger partial charge on any atom is -0.486 e. The fourth-order valence-corrected chi connectivity index (χ4v) is 6.06. The number of aliphatic hydroxyl groups is 1. The Kier molecular flexibility index (Phi) is 9.52. The molecule has 0 spiro atoms. The van der Waals surface area contributed by atoms with Crippen LogP contribution in [0.25, 0.3) is 12.2 Å². The van der Waals surface area contributed by atoms with Crippen molar-refractivity contribution in [3.63, 3.8) is 0 Å². The fourth-order valence-electron chi connectivity index (χ4n) is 4.00. The molecule has 1 aliphatic heterocycles. The number of ether oxygens (including phenoxy) is 3. The molecule has 0 amide bonds. The van der Waals surface area contributed by atoms with Crippen LogP contribution in [0.1, 0.15) is 24.0 Å². The summed E-state index contributed by atoms with van der Waals surface area (Å²) in [5.41, 5.74) is 0.918. The Bertz CT molecular complexity index is 1520. The van der Waals surface area contributed by atoms with Gasteiger partial charge in [0.2, 0.25) is 5.88 Å². The van der Waals surface area contributed by atoms with E-state index in [1.54, 1.807) is 30.3 Å². The molecule has 0 bridgehead atoms. The fraction of sp³-hybridized carbons (Fsp3) is 0.259. The molecule has 1 aliphatic rings. The highest BCUT2D eigenvalue weighted by Crippen LogP contribution is 2.40. The molecule has 3 aromatic rings. The van der Waals surface area contributed by atoms with Gasteiger partial charge in [-0.05, 0) is 48.4 Å². The summed E-state index contributed by atoms with van der Waals surface area (Å²) in [5, 5.41) is 9.46. The Morgan fingerprint density at radius 3 is 2.77 bits per heavy atom. The molecule has 0 saturated heterocycles. The molecule has 1 unspecified atom stereocenters. The molecular weight excluding hydrogens is 586 g/mol. The van der Waals surface area contributed by atoms with Crippen molar-refractivity contribution in [2.24, 2.45) is 0 Å². The molecule has 2 heterocycles. The number of carbonyl (C=O) groups is 1. The van der Waals surface area contributed by atoms with Crippen LogP contribution < -0.4 is 13.8 Å². The third-order valence-electron chi connectivity index (χ3n) is 5.94. The van der Waals surface area contributed by atoms with E-state index < -0.39 is 27.9 Å². The maximum atomic E-state index is 14.3. The van der Waals surface area contributed by atoms with Crippen LogP contribution in [0.4, 0.5) is 10.1 Å². The number of esters is 1. The number of nitrogens with zero attached hydrogens (tertiary/aromatic N) is 2.